The first-order valence-corrected chi connectivity index (χ1v) is 11.0. The Morgan fingerprint density at radius 1 is 0.967 bits per heavy atom. The van der Waals surface area contributed by atoms with Gasteiger partial charge in [0.15, 0.2) is 0 Å². The fourth-order valence-corrected chi connectivity index (χ4v) is 3.93. The maximum atomic E-state index is 12.9. The Kier molecular flexibility index (Phi) is 6.71. The fourth-order valence-electron chi connectivity index (χ4n) is 3.93. The molecule has 4 nitrogen and oxygen atoms in total. The number of carbonyl (C=O) groups excluding carboxylic acids is 1. The molecule has 1 unspecified atom stereocenters. The van der Waals surface area contributed by atoms with Gasteiger partial charge in [-0.15, -0.1) is 0 Å². The number of ether oxygens (including phenoxy) is 1. The van der Waals surface area contributed by atoms with Gasteiger partial charge in [-0.05, 0) is 99.1 Å². The van der Waals surface area contributed by atoms with Crippen LogP contribution in [0, 0.1) is 23.7 Å². The summed E-state index contributed by atoms with van der Waals surface area (Å²) in [6.45, 7) is 3.89. The Labute approximate surface area is 179 Å². The summed E-state index contributed by atoms with van der Waals surface area (Å²) < 4.78 is 5.17. The predicted molar refractivity (Wildman–Crippen MR) is 120 cm³/mol. The highest BCUT2D eigenvalue weighted by Crippen LogP contribution is 2.27. The molecule has 1 saturated heterocycles. The fraction of sp³-hybridized carbons (Fsp3) is 0.423. The minimum Gasteiger partial charge on any atom is -0.497 e. The highest BCUT2D eigenvalue weighted by Gasteiger charge is 2.25. The molecule has 1 N–H and O–H groups in total. The van der Waals surface area contributed by atoms with Gasteiger partial charge in [-0.2, -0.15) is 0 Å². The van der Waals surface area contributed by atoms with Gasteiger partial charge in [0, 0.05) is 29.8 Å². The topological polar surface area (TPSA) is 41.6 Å². The molecule has 30 heavy (non-hydrogen) atoms. The number of amides is 1. The molecule has 0 aromatic heterocycles. The number of hydrogen-bond donors (Lipinski definition) is 1. The minimum absolute atomic E-state index is 0.136. The van der Waals surface area contributed by atoms with Gasteiger partial charge in [-0.3, -0.25) is 4.79 Å². The molecule has 1 aliphatic heterocycles. The smallest absolute Gasteiger partial charge is 0.253 e. The van der Waals surface area contributed by atoms with E-state index in [-0.39, 0.29) is 5.91 Å². The Hall–Kier alpha value is -2.77. The molecule has 0 radical (unpaired) electrons. The number of methoxy groups -OCH3 is 1. The van der Waals surface area contributed by atoms with Crippen molar-refractivity contribution in [2.45, 2.75) is 25.7 Å². The maximum Gasteiger partial charge on any atom is 0.253 e. The lowest BCUT2D eigenvalue weighted by Crippen LogP contribution is -2.43. The highest BCUT2D eigenvalue weighted by atomic mass is 16.5. The molecule has 2 fully saturated rings. The van der Waals surface area contributed by atoms with Crippen LogP contribution < -0.4 is 10.1 Å². The second-order valence-corrected chi connectivity index (χ2v) is 8.42. The van der Waals surface area contributed by atoms with Gasteiger partial charge in [0.05, 0.1) is 7.11 Å². The van der Waals surface area contributed by atoms with E-state index in [0.717, 1.165) is 61.0 Å². The first kappa shape index (κ1) is 20.5. The summed E-state index contributed by atoms with van der Waals surface area (Å²) in [5, 5.41) is 3.60. The summed E-state index contributed by atoms with van der Waals surface area (Å²) >= 11 is 0. The molecule has 0 bridgehead atoms. The summed E-state index contributed by atoms with van der Waals surface area (Å²) in [6.07, 6.45) is 5.06. The van der Waals surface area contributed by atoms with Crippen molar-refractivity contribution in [2.75, 3.05) is 33.3 Å². The maximum absolute atomic E-state index is 12.9. The number of benzene rings is 2. The van der Waals surface area contributed by atoms with Crippen LogP contribution in [0.15, 0.2) is 48.5 Å². The highest BCUT2D eigenvalue weighted by molar-refractivity contribution is 5.94. The van der Waals surface area contributed by atoms with Crippen LogP contribution in [0.4, 0.5) is 0 Å². The van der Waals surface area contributed by atoms with Gasteiger partial charge >= 0.3 is 0 Å². The third-order valence-corrected chi connectivity index (χ3v) is 5.94. The molecule has 156 valence electrons. The number of nitrogens with one attached hydrogen (secondary N) is 1. The van der Waals surface area contributed by atoms with Crippen molar-refractivity contribution in [2.24, 2.45) is 11.8 Å². The molecule has 1 aliphatic carbocycles. The van der Waals surface area contributed by atoms with Crippen LogP contribution in [-0.4, -0.2) is 44.1 Å². The van der Waals surface area contributed by atoms with Crippen molar-refractivity contribution in [3.8, 4) is 17.6 Å². The molecule has 4 rings (SSSR count). The van der Waals surface area contributed by atoms with Crippen molar-refractivity contribution < 1.29 is 9.53 Å². The first-order chi connectivity index (χ1) is 14.7. The molecule has 2 aromatic carbocycles. The van der Waals surface area contributed by atoms with Gasteiger partial charge in [0.1, 0.15) is 5.75 Å². The molecule has 0 spiro atoms. The number of rotatable bonds is 6. The number of hydrogen-bond acceptors (Lipinski definition) is 3. The largest absolute Gasteiger partial charge is 0.497 e. The van der Waals surface area contributed by atoms with Crippen LogP contribution >= 0.6 is 0 Å². The first-order valence-electron chi connectivity index (χ1n) is 11.0. The van der Waals surface area contributed by atoms with Gasteiger partial charge < -0.3 is 15.0 Å². The van der Waals surface area contributed by atoms with Gasteiger partial charge in [0.25, 0.3) is 5.91 Å². The molecular formula is C26H30N2O2. The molecule has 1 atom stereocenters. The third-order valence-electron chi connectivity index (χ3n) is 5.94. The standard InChI is InChI=1S/C26H30N2O2/c1-30-25-14-10-21(11-15-25)5-4-20-8-12-24(13-9-20)26(29)28-16-2-3-23(19-28)18-27-17-22-6-7-22/h8-15,22-23,27H,2-3,6-7,16-19H2,1H3. The quantitative estimate of drug-likeness (QED) is 0.744. The Morgan fingerprint density at radius 3 is 2.23 bits per heavy atom. The van der Waals surface area contributed by atoms with Crippen molar-refractivity contribution in [1.82, 2.24) is 10.2 Å². The average molecular weight is 403 g/mol. The molecular weight excluding hydrogens is 372 g/mol. The van der Waals surface area contributed by atoms with E-state index in [2.05, 4.69) is 17.2 Å². The van der Waals surface area contributed by atoms with E-state index in [1.165, 1.54) is 19.3 Å². The lowest BCUT2D eigenvalue weighted by atomic mass is 9.97. The summed E-state index contributed by atoms with van der Waals surface area (Å²) in [5.74, 6) is 8.74. The Bertz CT molecular complexity index is 905. The average Bonchev–Trinajstić information content (AvgIpc) is 3.62. The molecule has 1 amide bonds. The number of piperidine rings is 1. The van der Waals surface area contributed by atoms with E-state index >= 15 is 0 Å². The normalized spacial score (nSPS) is 18.4. The Balaban J connectivity index is 1.32. The molecule has 1 heterocycles. The van der Waals surface area contributed by atoms with Crippen LogP contribution in [0.25, 0.3) is 0 Å². The van der Waals surface area contributed by atoms with Crippen molar-refractivity contribution >= 4 is 5.91 Å². The van der Waals surface area contributed by atoms with Crippen molar-refractivity contribution in [3.05, 3.63) is 65.2 Å². The van der Waals surface area contributed by atoms with Crippen LogP contribution in [0.3, 0.4) is 0 Å². The molecule has 2 aliphatic rings. The van der Waals surface area contributed by atoms with Gasteiger partial charge in [0.2, 0.25) is 0 Å². The second-order valence-electron chi connectivity index (χ2n) is 8.42. The van der Waals surface area contributed by atoms with E-state index in [1.807, 2.05) is 53.4 Å². The molecule has 1 saturated carbocycles. The number of likely N-dealkylation sites (tertiary alicyclic amines) is 1. The van der Waals surface area contributed by atoms with Crippen LogP contribution in [0.5, 0.6) is 5.75 Å². The van der Waals surface area contributed by atoms with E-state index in [9.17, 15) is 4.79 Å². The van der Waals surface area contributed by atoms with E-state index < -0.39 is 0 Å². The monoisotopic (exact) mass is 402 g/mol. The SMILES string of the molecule is COc1ccc(C#Cc2ccc(C(=O)N3CCCC(CNCC4CC4)C3)cc2)cc1. The minimum atomic E-state index is 0.136. The zero-order chi connectivity index (χ0) is 20.8. The third kappa shape index (κ3) is 5.64. The summed E-state index contributed by atoms with van der Waals surface area (Å²) in [7, 11) is 1.65. The summed E-state index contributed by atoms with van der Waals surface area (Å²) in [6, 6.07) is 15.3. The van der Waals surface area contributed by atoms with Crippen molar-refractivity contribution in [3.63, 3.8) is 0 Å². The summed E-state index contributed by atoms with van der Waals surface area (Å²) in [4.78, 5) is 15.0. The van der Waals surface area contributed by atoms with E-state index in [4.69, 9.17) is 4.74 Å². The summed E-state index contributed by atoms with van der Waals surface area (Å²) in [5.41, 5.74) is 2.59. The zero-order valence-electron chi connectivity index (χ0n) is 17.7. The van der Waals surface area contributed by atoms with E-state index in [1.54, 1.807) is 7.11 Å². The lowest BCUT2D eigenvalue weighted by Gasteiger charge is -2.33. The lowest BCUT2D eigenvalue weighted by molar-refractivity contribution is 0.0673. The van der Waals surface area contributed by atoms with Gasteiger partial charge in [-0.25, -0.2) is 0 Å². The Morgan fingerprint density at radius 2 is 1.60 bits per heavy atom. The zero-order valence-corrected chi connectivity index (χ0v) is 17.7. The van der Waals surface area contributed by atoms with E-state index in [0.29, 0.717) is 5.92 Å². The number of carbonyl (C=O) groups is 1. The second kappa shape index (κ2) is 9.82. The van der Waals surface area contributed by atoms with Crippen LogP contribution in [0.1, 0.15) is 47.2 Å². The number of nitrogens with zero attached hydrogens (tertiary/aromatic N) is 1. The molecule has 2 aromatic rings. The predicted octanol–water partition coefficient (Wildman–Crippen LogP) is 3.95. The van der Waals surface area contributed by atoms with Crippen LogP contribution in [-0.2, 0) is 0 Å². The van der Waals surface area contributed by atoms with Gasteiger partial charge in [-0.1, -0.05) is 11.8 Å². The van der Waals surface area contributed by atoms with Crippen molar-refractivity contribution in [1.29, 1.82) is 0 Å². The molecule has 4 heteroatoms. The van der Waals surface area contributed by atoms with Crippen LogP contribution in [0.2, 0.25) is 0 Å².